The van der Waals surface area contributed by atoms with Gasteiger partial charge in [-0.15, -0.1) is 0 Å². The molecule has 3 rings (SSSR count). The number of nitrogens with one attached hydrogen (secondary N) is 2. The summed E-state index contributed by atoms with van der Waals surface area (Å²) in [6.07, 6.45) is -1.82. The molecule has 0 spiro atoms. The van der Waals surface area contributed by atoms with E-state index in [1.807, 2.05) is 12.1 Å². The van der Waals surface area contributed by atoms with Gasteiger partial charge >= 0.3 is 18.0 Å². The van der Waals surface area contributed by atoms with Crippen molar-refractivity contribution in [3.8, 4) is 11.4 Å². The molecule has 0 fully saturated rings. The van der Waals surface area contributed by atoms with E-state index in [1.54, 1.807) is 43.3 Å². The van der Waals surface area contributed by atoms with E-state index in [2.05, 4.69) is 32.2 Å². The van der Waals surface area contributed by atoms with E-state index in [0.29, 0.717) is 17.7 Å². The monoisotopic (exact) mass is 518 g/mol. The van der Waals surface area contributed by atoms with E-state index in [-0.39, 0.29) is 36.7 Å². The molecular formula is C26H29F3N4O4. The number of hydrogen-bond acceptors (Lipinski definition) is 7. The third kappa shape index (κ3) is 8.06. The van der Waals surface area contributed by atoms with Crippen LogP contribution >= 0.6 is 0 Å². The number of esters is 1. The number of aromatic nitrogens is 2. The lowest BCUT2D eigenvalue weighted by Gasteiger charge is -2.21. The molecule has 0 bridgehead atoms. The van der Waals surface area contributed by atoms with Crippen molar-refractivity contribution in [2.75, 3.05) is 18.5 Å². The quantitative estimate of drug-likeness (QED) is 0.293. The Balaban J connectivity index is 1.65. The highest BCUT2D eigenvalue weighted by atomic mass is 19.4. The Bertz CT molecular complexity index is 1160. The summed E-state index contributed by atoms with van der Waals surface area (Å²) in [6, 6.07) is 13.9. The number of alkyl halides is 3. The summed E-state index contributed by atoms with van der Waals surface area (Å²) in [4.78, 5) is 27.1. The zero-order chi connectivity index (χ0) is 26.8. The summed E-state index contributed by atoms with van der Waals surface area (Å²) in [5.41, 5.74) is 2.62. The fraction of sp³-hybridized carbons (Fsp3) is 0.385. The van der Waals surface area contributed by atoms with Gasteiger partial charge in [0.25, 0.3) is 5.91 Å². The van der Waals surface area contributed by atoms with Gasteiger partial charge in [-0.3, -0.25) is 9.59 Å². The molecule has 0 unspecified atom stereocenters. The number of ether oxygens (including phenoxy) is 1. The first-order chi connectivity index (χ1) is 17.7. The SMILES string of the molecule is CCCC[C@@H](Nc1ccc(C(=O)NCCC(=O)OCC)cc1)c1ccc(-c2noc(C(F)(F)F)n2)cc1. The number of carbonyl (C=O) groups is 2. The van der Waals surface area contributed by atoms with Gasteiger partial charge in [0.2, 0.25) is 5.82 Å². The minimum absolute atomic E-state index is 0.0609. The highest BCUT2D eigenvalue weighted by molar-refractivity contribution is 5.94. The molecule has 0 saturated carbocycles. The third-order valence-electron chi connectivity index (χ3n) is 5.49. The predicted molar refractivity (Wildman–Crippen MR) is 131 cm³/mol. The van der Waals surface area contributed by atoms with E-state index in [4.69, 9.17) is 4.74 Å². The molecule has 0 aliphatic heterocycles. The zero-order valence-electron chi connectivity index (χ0n) is 20.6. The molecule has 1 atom stereocenters. The van der Waals surface area contributed by atoms with E-state index < -0.39 is 12.1 Å². The van der Waals surface area contributed by atoms with Crippen LogP contribution in [0.15, 0.2) is 53.1 Å². The maximum atomic E-state index is 12.7. The second-order valence-corrected chi connectivity index (χ2v) is 8.27. The Morgan fingerprint density at radius 3 is 2.35 bits per heavy atom. The molecule has 1 amide bonds. The first-order valence-electron chi connectivity index (χ1n) is 12.0. The van der Waals surface area contributed by atoms with Gasteiger partial charge in [0, 0.05) is 23.4 Å². The summed E-state index contributed by atoms with van der Waals surface area (Å²) in [6.45, 7) is 4.30. The van der Waals surface area contributed by atoms with E-state index in [0.717, 1.165) is 30.5 Å². The number of nitrogens with zero attached hydrogens (tertiary/aromatic N) is 2. The van der Waals surface area contributed by atoms with Crippen molar-refractivity contribution < 1.29 is 32.0 Å². The average Bonchev–Trinajstić information content (AvgIpc) is 3.38. The van der Waals surface area contributed by atoms with Crippen LogP contribution in [0.1, 0.15) is 67.4 Å². The van der Waals surface area contributed by atoms with Crippen LogP contribution in [0.3, 0.4) is 0 Å². The Labute approximate surface area is 212 Å². The standard InChI is InChI=1S/C26H29F3N4O4/c1-3-5-6-21(17-7-9-18(10-8-17)23-32-25(37-33-23)26(27,28)29)31-20-13-11-19(12-14-20)24(35)30-16-15-22(34)36-4-2/h7-14,21,31H,3-6,15-16H2,1-2H3,(H,30,35)/t21-/m1/s1. The summed E-state index contributed by atoms with van der Waals surface area (Å²) < 4.78 is 47.4. The van der Waals surface area contributed by atoms with Crippen molar-refractivity contribution in [1.82, 2.24) is 15.5 Å². The van der Waals surface area contributed by atoms with Crippen LogP contribution in [0.2, 0.25) is 0 Å². The topological polar surface area (TPSA) is 106 Å². The lowest BCUT2D eigenvalue weighted by molar-refractivity contribution is -0.159. The second-order valence-electron chi connectivity index (χ2n) is 8.27. The largest absolute Gasteiger partial charge is 0.471 e. The number of rotatable bonds is 12. The van der Waals surface area contributed by atoms with Gasteiger partial charge in [-0.1, -0.05) is 49.2 Å². The first kappa shape index (κ1) is 27.7. The van der Waals surface area contributed by atoms with Crippen LogP contribution in [0.5, 0.6) is 0 Å². The lowest BCUT2D eigenvalue weighted by Crippen LogP contribution is -2.26. The highest BCUT2D eigenvalue weighted by Crippen LogP contribution is 2.30. The fourth-order valence-electron chi connectivity index (χ4n) is 3.58. The van der Waals surface area contributed by atoms with Gasteiger partial charge in [-0.05, 0) is 43.2 Å². The number of hydrogen-bond donors (Lipinski definition) is 2. The Morgan fingerprint density at radius 1 is 1.05 bits per heavy atom. The molecule has 37 heavy (non-hydrogen) atoms. The minimum Gasteiger partial charge on any atom is -0.466 e. The lowest BCUT2D eigenvalue weighted by atomic mass is 9.99. The molecule has 0 aliphatic carbocycles. The summed E-state index contributed by atoms with van der Waals surface area (Å²) in [5, 5.41) is 9.58. The molecule has 0 saturated heterocycles. The molecule has 198 valence electrons. The van der Waals surface area contributed by atoms with Crippen molar-refractivity contribution in [1.29, 1.82) is 0 Å². The Kier molecular flexibility index (Phi) is 9.64. The average molecular weight is 519 g/mol. The molecule has 2 aromatic carbocycles. The molecule has 3 aromatic rings. The maximum absolute atomic E-state index is 12.7. The first-order valence-corrected chi connectivity index (χ1v) is 12.0. The van der Waals surface area contributed by atoms with Gasteiger partial charge in [-0.25, -0.2) is 0 Å². The number of amides is 1. The van der Waals surface area contributed by atoms with Crippen molar-refractivity contribution in [3.63, 3.8) is 0 Å². The van der Waals surface area contributed by atoms with Gasteiger partial charge in [0.05, 0.1) is 19.1 Å². The van der Waals surface area contributed by atoms with Crippen LogP contribution < -0.4 is 10.6 Å². The van der Waals surface area contributed by atoms with Gasteiger partial charge in [0.1, 0.15) is 0 Å². The molecule has 8 nitrogen and oxygen atoms in total. The van der Waals surface area contributed by atoms with Crippen molar-refractivity contribution in [3.05, 3.63) is 65.5 Å². The molecule has 0 aliphatic rings. The van der Waals surface area contributed by atoms with E-state index in [1.165, 1.54) is 0 Å². The number of unbranched alkanes of at least 4 members (excludes halogenated alkanes) is 1. The summed E-state index contributed by atoms with van der Waals surface area (Å²) in [5.74, 6) is -2.17. The number of halogens is 3. The van der Waals surface area contributed by atoms with Crippen molar-refractivity contribution in [2.45, 2.75) is 51.7 Å². The van der Waals surface area contributed by atoms with Crippen molar-refractivity contribution >= 4 is 17.6 Å². The van der Waals surface area contributed by atoms with E-state index in [9.17, 15) is 22.8 Å². The highest BCUT2D eigenvalue weighted by Gasteiger charge is 2.38. The number of benzene rings is 2. The number of anilines is 1. The second kappa shape index (κ2) is 12.9. The predicted octanol–water partition coefficient (Wildman–Crippen LogP) is 5.78. The Morgan fingerprint density at radius 2 is 1.76 bits per heavy atom. The van der Waals surface area contributed by atoms with Crippen molar-refractivity contribution in [2.24, 2.45) is 0 Å². The van der Waals surface area contributed by atoms with Gasteiger partial charge in [-0.2, -0.15) is 18.2 Å². The molecule has 1 aromatic heterocycles. The molecule has 2 N–H and O–H groups in total. The van der Waals surface area contributed by atoms with Crippen LogP contribution in [0.4, 0.5) is 18.9 Å². The molecule has 1 heterocycles. The summed E-state index contributed by atoms with van der Waals surface area (Å²) in [7, 11) is 0. The smallest absolute Gasteiger partial charge is 0.466 e. The van der Waals surface area contributed by atoms with Gasteiger partial charge < -0.3 is 19.9 Å². The molecular weight excluding hydrogens is 489 g/mol. The normalized spacial score (nSPS) is 12.1. The number of carbonyl (C=O) groups excluding carboxylic acids is 2. The zero-order valence-corrected chi connectivity index (χ0v) is 20.6. The third-order valence-corrected chi connectivity index (χ3v) is 5.49. The summed E-state index contributed by atoms with van der Waals surface area (Å²) >= 11 is 0. The Hall–Kier alpha value is -3.89. The van der Waals surface area contributed by atoms with Crippen LogP contribution in [0.25, 0.3) is 11.4 Å². The van der Waals surface area contributed by atoms with Crippen LogP contribution in [-0.4, -0.2) is 35.2 Å². The van der Waals surface area contributed by atoms with E-state index >= 15 is 0 Å². The van der Waals surface area contributed by atoms with Gasteiger partial charge in [0.15, 0.2) is 0 Å². The maximum Gasteiger partial charge on any atom is 0.471 e. The van der Waals surface area contributed by atoms with Crippen LogP contribution in [0, 0.1) is 0 Å². The molecule has 0 radical (unpaired) electrons. The molecule has 11 heteroatoms. The fourth-order valence-corrected chi connectivity index (χ4v) is 3.58. The minimum atomic E-state index is -4.70. The van der Waals surface area contributed by atoms with Crippen LogP contribution in [-0.2, 0) is 15.7 Å².